The van der Waals surface area contributed by atoms with Crippen LogP contribution in [0.25, 0.3) is 0 Å². The van der Waals surface area contributed by atoms with Crippen LogP contribution in [0.2, 0.25) is 5.54 Å². The average molecular weight is 478 g/mol. The van der Waals surface area contributed by atoms with E-state index in [0.29, 0.717) is 0 Å². The smallest absolute Gasteiger partial charge is 0.200 e. The third-order valence-electron chi connectivity index (χ3n) is 3.47. The van der Waals surface area contributed by atoms with Crippen LogP contribution in [-0.2, 0) is 0 Å². The minimum absolute atomic E-state index is 0.0406. The monoisotopic (exact) mass is 478 g/mol. The van der Waals surface area contributed by atoms with Gasteiger partial charge in [0.25, 0.3) is 0 Å². The molecule has 0 N–H and O–H groups in total. The van der Waals surface area contributed by atoms with Crippen molar-refractivity contribution in [3.8, 4) is 0 Å². The first-order chi connectivity index (χ1) is 11.7. The molecule has 0 fully saturated rings. The Hall–Kier alpha value is -0.973. The lowest BCUT2D eigenvalue weighted by molar-refractivity contribution is -0.461. The summed E-state index contributed by atoms with van der Waals surface area (Å²) < 4.78 is 218. The van der Waals surface area contributed by atoms with E-state index in [4.69, 9.17) is 0 Å². The van der Waals surface area contributed by atoms with E-state index in [1.807, 2.05) is 0 Å². The normalized spacial score (nSPS) is 17.8. The summed E-state index contributed by atoms with van der Waals surface area (Å²) in [5, 5.41) is 0. The van der Waals surface area contributed by atoms with E-state index in [1.165, 1.54) is 0 Å². The van der Waals surface area contributed by atoms with E-state index < -0.39 is 63.4 Å². The third-order valence-corrected chi connectivity index (χ3v) is 4.20. The molecule has 0 bridgehead atoms. The van der Waals surface area contributed by atoms with Crippen LogP contribution in [0.15, 0.2) is 0 Å². The van der Waals surface area contributed by atoms with Crippen molar-refractivity contribution in [1.29, 1.82) is 0 Å². The van der Waals surface area contributed by atoms with Crippen LogP contribution in [0.3, 0.4) is 0 Å². The maximum atomic E-state index is 13.2. The predicted molar refractivity (Wildman–Crippen MR) is 60.0 cm³/mol. The number of alkyl halides is 17. The van der Waals surface area contributed by atoms with Crippen molar-refractivity contribution in [2.24, 2.45) is 0 Å². The molecule has 0 radical (unpaired) electrons. The molecule has 0 heterocycles. The fraction of sp³-hybridized carbons (Fsp3) is 1.00. The summed E-state index contributed by atoms with van der Waals surface area (Å²) >= 11 is 0. The Balaban J connectivity index is 6.72. The minimum Gasteiger partial charge on any atom is -0.200 e. The zero-order valence-electron chi connectivity index (χ0n) is 13.0. The number of rotatable bonds is 7. The van der Waals surface area contributed by atoms with Gasteiger partial charge in [-0.15, -0.1) is 0 Å². The molecule has 1 atom stereocenters. The second kappa shape index (κ2) is 6.51. The van der Waals surface area contributed by atoms with Crippen LogP contribution in [0.4, 0.5) is 74.6 Å². The topological polar surface area (TPSA) is 0 Å². The molecule has 0 saturated carbocycles. The van der Waals surface area contributed by atoms with Gasteiger partial charge in [-0.2, -0.15) is 74.6 Å². The van der Waals surface area contributed by atoms with Gasteiger partial charge in [-0.1, -0.05) is 6.92 Å². The van der Waals surface area contributed by atoms with Crippen molar-refractivity contribution >= 4 is 10.2 Å². The molecular formula is C10H7F17Si. The van der Waals surface area contributed by atoms with Crippen molar-refractivity contribution < 1.29 is 74.6 Å². The largest absolute Gasteiger partial charge is 0.460 e. The molecule has 0 saturated heterocycles. The van der Waals surface area contributed by atoms with Crippen molar-refractivity contribution in [3.63, 3.8) is 0 Å². The van der Waals surface area contributed by atoms with Gasteiger partial charge in [-0.05, 0) is 0 Å². The fourth-order valence-corrected chi connectivity index (χ4v) is 1.90. The second-order valence-corrected chi connectivity index (χ2v) is 7.45. The molecule has 28 heavy (non-hydrogen) atoms. The first-order valence-electron chi connectivity index (χ1n) is 6.41. The molecular weight excluding hydrogens is 471 g/mol. The molecule has 0 rings (SSSR count). The Morgan fingerprint density at radius 2 is 0.643 bits per heavy atom. The molecule has 0 aromatic carbocycles. The quantitative estimate of drug-likeness (QED) is 0.350. The average Bonchev–Trinajstić information content (AvgIpc) is 2.44. The van der Waals surface area contributed by atoms with Crippen molar-refractivity contribution in [3.05, 3.63) is 0 Å². The Morgan fingerprint density at radius 3 is 0.857 bits per heavy atom. The van der Waals surface area contributed by atoms with Gasteiger partial charge in [-0.25, -0.2) is 0 Å². The Bertz CT molecular complexity index is 571. The Morgan fingerprint density at radius 1 is 0.429 bits per heavy atom. The molecule has 170 valence electrons. The predicted octanol–water partition coefficient (Wildman–Crippen LogP) is 5.17. The lowest BCUT2D eigenvalue weighted by Crippen LogP contribution is -2.74. The van der Waals surface area contributed by atoms with Gasteiger partial charge in [0, 0.05) is 15.8 Å². The van der Waals surface area contributed by atoms with Crippen LogP contribution in [0.5, 0.6) is 0 Å². The summed E-state index contributed by atoms with van der Waals surface area (Å²) in [6.07, 6.45) is -7.73. The maximum Gasteiger partial charge on any atom is 0.460 e. The highest BCUT2D eigenvalue weighted by atomic mass is 28.1. The number of hydrogen-bond acceptors (Lipinski definition) is 0. The molecule has 0 aliphatic heterocycles. The Labute approximate surface area is 146 Å². The number of halogens is 17. The lowest BCUT2D eigenvalue weighted by Gasteiger charge is -2.43. The molecule has 1 unspecified atom stereocenters. The summed E-state index contributed by atoms with van der Waals surface area (Å²) in [5.41, 5.74) is -2.88. The van der Waals surface area contributed by atoms with Crippen LogP contribution in [0.1, 0.15) is 6.92 Å². The minimum atomic E-state index is -8.56. The van der Waals surface area contributed by atoms with Gasteiger partial charge < -0.3 is 0 Å². The van der Waals surface area contributed by atoms with Crippen molar-refractivity contribution in [2.75, 3.05) is 0 Å². The van der Waals surface area contributed by atoms with Crippen LogP contribution >= 0.6 is 0 Å². The van der Waals surface area contributed by atoms with Crippen molar-refractivity contribution in [2.45, 2.75) is 60.1 Å². The molecule has 18 heteroatoms. The molecule has 0 amide bonds. The Kier molecular flexibility index (Phi) is 6.29. The second-order valence-electron chi connectivity index (χ2n) is 5.72. The van der Waals surface area contributed by atoms with Crippen molar-refractivity contribution in [1.82, 2.24) is 0 Å². The van der Waals surface area contributed by atoms with Gasteiger partial charge in [0.2, 0.25) is 0 Å². The summed E-state index contributed by atoms with van der Waals surface area (Å²) in [7, 11) is -1.17. The molecule has 0 nitrogen and oxygen atoms in total. The van der Waals surface area contributed by atoms with Gasteiger partial charge >= 0.3 is 47.6 Å². The third kappa shape index (κ3) is 3.12. The van der Waals surface area contributed by atoms with E-state index in [1.54, 1.807) is 0 Å². The molecule has 0 aromatic rings. The number of hydrogen-bond donors (Lipinski definition) is 0. The molecule has 0 spiro atoms. The molecule has 0 aliphatic carbocycles. The summed E-state index contributed by atoms with van der Waals surface area (Å²) in [4.78, 5) is 0. The van der Waals surface area contributed by atoms with E-state index in [2.05, 4.69) is 0 Å². The highest BCUT2D eigenvalue weighted by Gasteiger charge is 2.95. The fourth-order valence-electron chi connectivity index (χ4n) is 1.54. The van der Waals surface area contributed by atoms with E-state index in [9.17, 15) is 74.6 Å². The van der Waals surface area contributed by atoms with E-state index in [-0.39, 0.29) is 6.92 Å². The maximum absolute atomic E-state index is 13.2. The summed E-state index contributed by atoms with van der Waals surface area (Å²) in [6, 6.07) is 0. The van der Waals surface area contributed by atoms with Gasteiger partial charge in [0.1, 0.15) is 0 Å². The summed E-state index contributed by atoms with van der Waals surface area (Å²) in [6.45, 7) is 0.0406. The zero-order chi connectivity index (χ0) is 23.6. The van der Waals surface area contributed by atoms with Crippen LogP contribution in [-0.4, -0.2) is 57.9 Å². The van der Waals surface area contributed by atoms with Crippen LogP contribution < -0.4 is 0 Å². The first-order valence-corrected chi connectivity index (χ1v) is 7.56. The summed E-state index contributed by atoms with van der Waals surface area (Å²) in [5.74, 6) is -55.6. The highest BCUT2D eigenvalue weighted by molar-refractivity contribution is 6.12. The molecule has 0 aromatic heterocycles. The molecule has 0 aliphatic rings. The SMILES string of the molecule is CC([SiH3])C(F)(F)C(F)(F)C(F)(F)C(F)(F)C(F)(F)C(F)(F)C(F)(F)C(F)(F)F. The van der Waals surface area contributed by atoms with Gasteiger partial charge in [-0.3, -0.25) is 0 Å². The van der Waals surface area contributed by atoms with E-state index in [0.717, 1.165) is 0 Å². The zero-order valence-corrected chi connectivity index (χ0v) is 15.0. The van der Waals surface area contributed by atoms with Gasteiger partial charge in [0.15, 0.2) is 0 Å². The first kappa shape index (κ1) is 27.0. The highest BCUT2D eigenvalue weighted by Crippen LogP contribution is 2.64. The van der Waals surface area contributed by atoms with Gasteiger partial charge in [0.05, 0.1) is 0 Å². The standard InChI is InChI=1S/C10H7F17Si/c1-2(28)3(11,12)4(13,14)5(15,16)6(17,18)7(19,20)8(21,22)9(23,24)10(25,26)27/h2H,1,28H3. The van der Waals surface area contributed by atoms with Crippen LogP contribution in [0, 0.1) is 0 Å². The lowest BCUT2D eigenvalue weighted by atomic mass is 9.88. The van der Waals surface area contributed by atoms with E-state index >= 15 is 0 Å².